The monoisotopic (exact) mass is 442 g/mol. The molecule has 7 nitrogen and oxygen atoms in total. The molecule has 172 valence electrons. The maximum Gasteiger partial charge on any atom is 0.267 e. The van der Waals surface area contributed by atoms with E-state index in [1.807, 2.05) is 11.8 Å². The van der Waals surface area contributed by atoms with Gasteiger partial charge in [-0.1, -0.05) is 6.07 Å². The van der Waals surface area contributed by atoms with Gasteiger partial charge in [-0.05, 0) is 50.3 Å². The number of aromatic nitrogens is 1. The van der Waals surface area contributed by atoms with Crippen LogP contribution < -0.4 is 5.32 Å². The van der Waals surface area contributed by atoms with Crippen LogP contribution >= 0.6 is 0 Å². The van der Waals surface area contributed by atoms with E-state index in [2.05, 4.69) is 15.2 Å². The minimum atomic E-state index is -0.318. The fraction of sp³-hybridized carbons (Fsp3) is 0.583. The lowest BCUT2D eigenvalue weighted by Crippen LogP contribution is -2.56. The van der Waals surface area contributed by atoms with E-state index >= 15 is 0 Å². The van der Waals surface area contributed by atoms with Gasteiger partial charge in [-0.3, -0.25) is 14.5 Å². The van der Waals surface area contributed by atoms with Crippen LogP contribution in [0.5, 0.6) is 0 Å². The predicted octanol–water partition coefficient (Wildman–Crippen LogP) is 2.45. The zero-order valence-corrected chi connectivity index (χ0v) is 18.5. The fourth-order valence-corrected chi connectivity index (χ4v) is 5.28. The molecule has 3 fully saturated rings. The lowest BCUT2D eigenvalue weighted by Gasteiger charge is -2.43. The average molecular weight is 443 g/mol. The van der Waals surface area contributed by atoms with Gasteiger partial charge in [0.15, 0.2) is 0 Å². The molecule has 0 unspecified atom stereocenters. The molecule has 2 aromatic rings. The van der Waals surface area contributed by atoms with E-state index in [9.17, 15) is 14.0 Å². The molecule has 0 spiro atoms. The lowest BCUT2D eigenvalue weighted by atomic mass is 9.89. The molecule has 8 heteroatoms. The van der Waals surface area contributed by atoms with Crippen LogP contribution in [0.3, 0.4) is 0 Å². The number of H-pyrrole nitrogens is 1. The first-order valence-electron chi connectivity index (χ1n) is 11.7. The predicted molar refractivity (Wildman–Crippen MR) is 119 cm³/mol. The van der Waals surface area contributed by atoms with Crippen molar-refractivity contribution in [2.75, 3.05) is 39.4 Å². The molecular weight excluding hydrogens is 411 g/mol. The highest BCUT2D eigenvalue weighted by Gasteiger charge is 2.35. The van der Waals surface area contributed by atoms with E-state index in [4.69, 9.17) is 4.74 Å². The summed E-state index contributed by atoms with van der Waals surface area (Å²) in [4.78, 5) is 32.8. The zero-order valence-electron chi connectivity index (χ0n) is 18.5. The van der Waals surface area contributed by atoms with E-state index in [1.165, 1.54) is 6.07 Å². The highest BCUT2D eigenvalue weighted by molar-refractivity contribution is 5.99. The third-order valence-electron chi connectivity index (χ3n) is 7.30. The number of carbonyl (C=O) groups excluding carboxylic acids is 2. The molecule has 1 saturated carbocycles. The van der Waals surface area contributed by atoms with Crippen molar-refractivity contribution in [3.8, 4) is 0 Å². The smallest absolute Gasteiger partial charge is 0.267 e. The molecule has 1 aromatic heterocycles. The second kappa shape index (κ2) is 8.83. The van der Waals surface area contributed by atoms with Crippen molar-refractivity contribution in [2.24, 2.45) is 5.92 Å². The second-order valence-corrected chi connectivity index (χ2v) is 9.42. The Morgan fingerprint density at radius 1 is 1.16 bits per heavy atom. The first-order chi connectivity index (χ1) is 15.5. The first-order valence-corrected chi connectivity index (χ1v) is 11.7. The molecule has 2 N–H and O–H groups in total. The molecule has 1 aliphatic carbocycles. The van der Waals surface area contributed by atoms with E-state index in [1.54, 1.807) is 12.1 Å². The molecular formula is C24H31FN4O3. The summed E-state index contributed by atoms with van der Waals surface area (Å²) in [6.45, 7) is 6.32. The highest BCUT2D eigenvalue weighted by atomic mass is 19.1. The molecule has 1 aromatic carbocycles. The minimum absolute atomic E-state index is 0.0534. The van der Waals surface area contributed by atoms with Crippen LogP contribution in [0.15, 0.2) is 18.2 Å². The summed E-state index contributed by atoms with van der Waals surface area (Å²) in [6.07, 6.45) is 4.04. The van der Waals surface area contributed by atoms with Crippen LogP contribution in [0.2, 0.25) is 0 Å². The maximum atomic E-state index is 14.1. The van der Waals surface area contributed by atoms with E-state index in [0.717, 1.165) is 57.4 Å². The maximum absolute atomic E-state index is 14.1. The van der Waals surface area contributed by atoms with Gasteiger partial charge in [0.05, 0.1) is 24.6 Å². The summed E-state index contributed by atoms with van der Waals surface area (Å²) >= 11 is 0. The van der Waals surface area contributed by atoms with Crippen molar-refractivity contribution in [2.45, 2.75) is 44.7 Å². The van der Waals surface area contributed by atoms with Gasteiger partial charge in [-0.25, -0.2) is 4.39 Å². The third kappa shape index (κ3) is 4.13. The van der Waals surface area contributed by atoms with Crippen molar-refractivity contribution >= 4 is 22.7 Å². The Bertz CT molecular complexity index is 971. The number of hydrogen-bond acceptors (Lipinski definition) is 4. The van der Waals surface area contributed by atoms with Gasteiger partial charge < -0.3 is 19.9 Å². The number of halogens is 1. The number of aromatic amines is 1. The summed E-state index contributed by atoms with van der Waals surface area (Å²) < 4.78 is 19.3. The first kappa shape index (κ1) is 21.4. The number of aryl methyl sites for hydroxylation is 1. The van der Waals surface area contributed by atoms with Crippen LogP contribution in [0.4, 0.5) is 4.39 Å². The fourth-order valence-electron chi connectivity index (χ4n) is 5.28. The highest BCUT2D eigenvalue weighted by Crippen LogP contribution is 2.26. The number of ether oxygens (including phenoxy) is 1. The van der Waals surface area contributed by atoms with Crippen molar-refractivity contribution in [1.82, 2.24) is 20.1 Å². The molecule has 0 radical (unpaired) electrons. The van der Waals surface area contributed by atoms with Gasteiger partial charge in [0.25, 0.3) is 5.91 Å². The van der Waals surface area contributed by atoms with Gasteiger partial charge in [-0.2, -0.15) is 0 Å². The Balaban J connectivity index is 1.17. The Morgan fingerprint density at radius 3 is 2.62 bits per heavy atom. The van der Waals surface area contributed by atoms with Gasteiger partial charge in [0.1, 0.15) is 11.5 Å². The van der Waals surface area contributed by atoms with Crippen LogP contribution in [0, 0.1) is 18.7 Å². The lowest BCUT2D eigenvalue weighted by molar-refractivity contribution is -0.152. The van der Waals surface area contributed by atoms with E-state index in [-0.39, 0.29) is 29.6 Å². The zero-order chi connectivity index (χ0) is 22.2. The molecule has 3 heterocycles. The molecule has 5 rings (SSSR count). The topological polar surface area (TPSA) is 77.7 Å². The molecule has 2 atom stereocenters. The largest absolute Gasteiger partial charge is 0.380 e. The SMILES string of the molecule is Cc1ccc(F)c2cc(C(=O)N[C@@H]3CCC[C@H](N4CCN(C(=O)C5COC5)CC4)C3)[nH]c12. The van der Waals surface area contributed by atoms with E-state index < -0.39 is 0 Å². The van der Waals surface area contributed by atoms with E-state index in [0.29, 0.717) is 35.9 Å². The number of amides is 2. The average Bonchev–Trinajstić information content (AvgIpc) is 3.23. The number of nitrogens with one attached hydrogen (secondary N) is 2. The van der Waals surface area contributed by atoms with Gasteiger partial charge in [-0.15, -0.1) is 0 Å². The molecule has 3 aliphatic rings. The number of benzene rings is 1. The summed E-state index contributed by atoms with van der Waals surface area (Å²) in [7, 11) is 0. The van der Waals surface area contributed by atoms with Crippen molar-refractivity contribution < 1.29 is 18.7 Å². The Labute approximate surface area is 187 Å². The molecule has 2 saturated heterocycles. The van der Waals surface area contributed by atoms with Crippen LogP contribution in [-0.2, 0) is 9.53 Å². The number of rotatable bonds is 4. The van der Waals surface area contributed by atoms with Gasteiger partial charge in [0.2, 0.25) is 5.91 Å². The standard InChI is InChI=1S/C24H31FN4O3/c1-15-5-6-20(25)19-12-21(27-22(15)19)23(30)26-17-3-2-4-18(11-17)28-7-9-29(10-8-28)24(31)16-13-32-14-16/h5-6,12,16-18,27H,2-4,7-11,13-14H2,1H3,(H,26,30)/t17-,18+/m1/s1. The van der Waals surface area contributed by atoms with Crippen LogP contribution in [0.1, 0.15) is 41.7 Å². The normalized spacial score (nSPS) is 25.0. The number of fused-ring (bicyclic) bond motifs is 1. The second-order valence-electron chi connectivity index (χ2n) is 9.42. The molecule has 32 heavy (non-hydrogen) atoms. The third-order valence-corrected chi connectivity index (χ3v) is 7.30. The summed E-state index contributed by atoms with van der Waals surface area (Å²) in [5.74, 6) is -0.211. The van der Waals surface area contributed by atoms with Crippen molar-refractivity contribution in [3.63, 3.8) is 0 Å². The molecule has 2 aliphatic heterocycles. The van der Waals surface area contributed by atoms with Crippen molar-refractivity contribution in [1.29, 1.82) is 0 Å². The molecule has 0 bridgehead atoms. The Kier molecular flexibility index (Phi) is 5.90. The number of hydrogen-bond donors (Lipinski definition) is 2. The van der Waals surface area contributed by atoms with Crippen LogP contribution in [0.25, 0.3) is 10.9 Å². The summed E-state index contributed by atoms with van der Waals surface area (Å²) in [5, 5.41) is 3.62. The Morgan fingerprint density at radius 2 is 1.94 bits per heavy atom. The summed E-state index contributed by atoms with van der Waals surface area (Å²) in [5.41, 5.74) is 2.00. The van der Waals surface area contributed by atoms with Crippen molar-refractivity contribution in [3.05, 3.63) is 35.3 Å². The minimum Gasteiger partial charge on any atom is -0.380 e. The number of carbonyl (C=O) groups is 2. The Hall–Kier alpha value is -2.45. The van der Waals surface area contributed by atoms with Crippen LogP contribution in [-0.4, -0.2) is 78.1 Å². The summed E-state index contributed by atoms with van der Waals surface area (Å²) in [6, 6.07) is 5.28. The number of piperazine rings is 1. The molecule has 2 amide bonds. The quantitative estimate of drug-likeness (QED) is 0.763. The number of nitrogens with zero attached hydrogens (tertiary/aromatic N) is 2. The van der Waals surface area contributed by atoms with Gasteiger partial charge in [0, 0.05) is 43.6 Å². The van der Waals surface area contributed by atoms with Gasteiger partial charge >= 0.3 is 0 Å².